The van der Waals surface area contributed by atoms with E-state index in [1.807, 2.05) is 79.7 Å². The molecule has 4 heteroatoms. The van der Waals surface area contributed by atoms with Crippen LogP contribution in [-0.4, -0.2) is 18.6 Å². The first-order chi connectivity index (χ1) is 13.2. The molecule has 1 N–H and O–H groups in total. The Kier molecular flexibility index (Phi) is 6.10. The van der Waals surface area contributed by atoms with Crippen LogP contribution in [0.4, 0.5) is 5.69 Å². The second-order valence-electron chi connectivity index (χ2n) is 6.04. The van der Waals surface area contributed by atoms with Crippen LogP contribution in [0.25, 0.3) is 11.1 Å². The Morgan fingerprint density at radius 2 is 1.52 bits per heavy atom. The number of ether oxygens (including phenoxy) is 2. The molecule has 0 unspecified atom stereocenters. The average molecular weight is 361 g/mol. The molecule has 138 valence electrons. The fourth-order valence-electron chi connectivity index (χ4n) is 2.76. The van der Waals surface area contributed by atoms with Gasteiger partial charge in [-0.3, -0.25) is 4.79 Å². The number of carbonyl (C=O) groups is 1. The fraction of sp³-hybridized carbons (Fsp3) is 0.174. The summed E-state index contributed by atoms with van der Waals surface area (Å²) >= 11 is 0. The van der Waals surface area contributed by atoms with Gasteiger partial charge in [-0.2, -0.15) is 0 Å². The molecule has 27 heavy (non-hydrogen) atoms. The van der Waals surface area contributed by atoms with Crippen LogP contribution >= 0.6 is 0 Å². The number of rotatable bonds is 7. The first-order valence-corrected chi connectivity index (χ1v) is 9.03. The highest BCUT2D eigenvalue weighted by Crippen LogP contribution is 2.29. The van der Waals surface area contributed by atoms with E-state index in [2.05, 4.69) is 5.32 Å². The van der Waals surface area contributed by atoms with Crippen LogP contribution in [0.3, 0.4) is 0 Å². The molecular weight excluding hydrogens is 338 g/mol. The predicted octanol–water partition coefficient (Wildman–Crippen LogP) is 5.16. The van der Waals surface area contributed by atoms with Crippen molar-refractivity contribution in [2.24, 2.45) is 0 Å². The summed E-state index contributed by atoms with van der Waals surface area (Å²) in [6, 6.07) is 25.0. The summed E-state index contributed by atoms with van der Waals surface area (Å²) in [5.74, 6) is 0.965. The maximum absolute atomic E-state index is 12.7. The molecule has 0 spiro atoms. The molecular formula is C23H23NO3. The van der Waals surface area contributed by atoms with Gasteiger partial charge in [-0.1, -0.05) is 60.7 Å². The van der Waals surface area contributed by atoms with Gasteiger partial charge in [-0.05, 0) is 37.6 Å². The number of amides is 1. The van der Waals surface area contributed by atoms with Crippen LogP contribution in [0, 0.1) is 0 Å². The number of nitrogens with one attached hydrogen (secondary N) is 1. The van der Waals surface area contributed by atoms with Gasteiger partial charge < -0.3 is 14.8 Å². The number of hydrogen-bond acceptors (Lipinski definition) is 3. The Labute approximate surface area is 159 Å². The average Bonchev–Trinajstić information content (AvgIpc) is 2.70. The van der Waals surface area contributed by atoms with Crippen molar-refractivity contribution in [1.29, 1.82) is 0 Å². The smallest absolute Gasteiger partial charge is 0.265 e. The molecule has 1 atom stereocenters. The number of hydrogen-bond donors (Lipinski definition) is 1. The highest BCUT2D eigenvalue weighted by atomic mass is 16.5. The second kappa shape index (κ2) is 8.90. The minimum Gasteiger partial charge on any atom is -0.490 e. The third-order valence-electron chi connectivity index (χ3n) is 4.09. The van der Waals surface area contributed by atoms with Gasteiger partial charge in [-0.25, -0.2) is 0 Å². The van der Waals surface area contributed by atoms with Crippen molar-refractivity contribution >= 4 is 11.6 Å². The Morgan fingerprint density at radius 1 is 0.889 bits per heavy atom. The van der Waals surface area contributed by atoms with E-state index in [1.54, 1.807) is 13.0 Å². The van der Waals surface area contributed by atoms with Gasteiger partial charge in [0.2, 0.25) is 0 Å². The van der Waals surface area contributed by atoms with Crippen molar-refractivity contribution in [2.45, 2.75) is 20.0 Å². The highest BCUT2D eigenvalue weighted by Gasteiger charge is 2.18. The van der Waals surface area contributed by atoms with Crippen LogP contribution in [0.5, 0.6) is 11.5 Å². The van der Waals surface area contributed by atoms with Crippen molar-refractivity contribution in [2.75, 3.05) is 11.9 Å². The van der Waals surface area contributed by atoms with Crippen LogP contribution in [0.1, 0.15) is 13.8 Å². The first-order valence-electron chi connectivity index (χ1n) is 9.03. The molecule has 0 saturated heterocycles. The molecule has 3 rings (SSSR count). The molecule has 0 aliphatic heterocycles. The quantitative estimate of drug-likeness (QED) is 0.632. The van der Waals surface area contributed by atoms with Gasteiger partial charge in [0.1, 0.15) is 0 Å². The number of para-hydroxylation sites is 3. The molecule has 0 aliphatic carbocycles. The minimum absolute atomic E-state index is 0.218. The van der Waals surface area contributed by atoms with Gasteiger partial charge >= 0.3 is 0 Å². The summed E-state index contributed by atoms with van der Waals surface area (Å²) in [5, 5.41) is 2.98. The van der Waals surface area contributed by atoms with E-state index in [9.17, 15) is 4.79 Å². The Balaban J connectivity index is 1.75. The van der Waals surface area contributed by atoms with Gasteiger partial charge in [0.15, 0.2) is 17.6 Å². The third kappa shape index (κ3) is 4.67. The van der Waals surface area contributed by atoms with Crippen molar-refractivity contribution in [3.05, 3.63) is 78.9 Å². The summed E-state index contributed by atoms with van der Waals surface area (Å²) < 4.78 is 11.4. The van der Waals surface area contributed by atoms with E-state index in [-0.39, 0.29) is 5.91 Å². The highest BCUT2D eigenvalue weighted by molar-refractivity contribution is 5.98. The molecule has 0 heterocycles. The monoisotopic (exact) mass is 361 g/mol. The van der Waals surface area contributed by atoms with Crippen LogP contribution in [0.15, 0.2) is 78.9 Å². The van der Waals surface area contributed by atoms with Crippen LogP contribution in [-0.2, 0) is 4.79 Å². The zero-order valence-electron chi connectivity index (χ0n) is 15.5. The SMILES string of the molecule is CCOc1ccccc1O[C@H](C)C(=O)Nc1ccccc1-c1ccccc1. The van der Waals surface area contributed by atoms with E-state index in [1.165, 1.54) is 0 Å². The second-order valence-corrected chi connectivity index (χ2v) is 6.04. The van der Waals surface area contributed by atoms with E-state index in [0.29, 0.717) is 18.1 Å². The molecule has 0 aromatic heterocycles. The zero-order chi connectivity index (χ0) is 19.1. The summed E-state index contributed by atoms with van der Waals surface area (Å²) in [4.78, 5) is 12.7. The van der Waals surface area contributed by atoms with Crippen molar-refractivity contribution in [3.63, 3.8) is 0 Å². The van der Waals surface area contributed by atoms with Crippen molar-refractivity contribution in [1.82, 2.24) is 0 Å². The normalized spacial score (nSPS) is 11.5. The molecule has 0 radical (unpaired) electrons. The number of anilines is 1. The van der Waals surface area contributed by atoms with Crippen molar-refractivity contribution < 1.29 is 14.3 Å². The Hall–Kier alpha value is -3.27. The standard InChI is InChI=1S/C23H23NO3/c1-3-26-21-15-9-10-16-22(21)27-17(2)23(25)24-20-14-8-7-13-19(20)18-11-5-4-6-12-18/h4-17H,3H2,1-2H3,(H,24,25)/t17-/m1/s1. The third-order valence-corrected chi connectivity index (χ3v) is 4.09. The van der Waals surface area contributed by atoms with Crippen LogP contribution in [0.2, 0.25) is 0 Å². The Bertz CT molecular complexity index is 893. The maximum atomic E-state index is 12.7. The summed E-state index contributed by atoms with van der Waals surface area (Å²) in [6.07, 6.45) is -0.671. The minimum atomic E-state index is -0.671. The fourth-order valence-corrected chi connectivity index (χ4v) is 2.76. The predicted molar refractivity (Wildman–Crippen MR) is 108 cm³/mol. The van der Waals surface area contributed by atoms with Gasteiger partial charge in [-0.15, -0.1) is 0 Å². The summed E-state index contributed by atoms with van der Waals surface area (Å²) in [6.45, 7) is 4.17. The molecule has 4 nitrogen and oxygen atoms in total. The van der Waals surface area contributed by atoms with Crippen molar-refractivity contribution in [3.8, 4) is 22.6 Å². The van der Waals surface area contributed by atoms with Gasteiger partial charge in [0.05, 0.1) is 6.61 Å². The zero-order valence-corrected chi connectivity index (χ0v) is 15.5. The summed E-state index contributed by atoms with van der Waals surface area (Å²) in [5.41, 5.74) is 2.76. The summed E-state index contributed by atoms with van der Waals surface area (Å²) in [7, 11) is 0. The Morgan fingerprint density at radius 3 is 2.26 bits per heavy atom. The number of carbonyl (C=O) groups excluding carboxylic acids is 1. The molecule has 0 fully saturated rings. The van der Waals surface area contributed by atoms with Gasteiger partial charge in [0.25, 0.3) is 5.91 Å². The molecule has 3 aromatic carbocycles. The van der Waals surface area contributed by atoms with E-state index in [0.717, 1.165) is 16.8 Å². The van der Waals surface area contributed by atoms with Gasteiger partial charge in [0, 0.05) is 11.3 Å². The van der Waals surface area contributed by atoms with E-state index < -0.39 is 6.10 Å². The lowest BCUT2D eigenvalue weighted by molar-refractivity contribution is -0.122. The van der Waals surface area contributed by atoms with Crippen LogP contribution < -0.4 is 14.8 Å². The first kappa shape index (κ1) is 18.5. The molecule has 0 aliphatic rings. The molecule has 0 bridgehead atoms. The lowest BCUT2D eigenvalue weighted by atomic mass is 10.0. The van der Waals surface area contributed by atoms with E-state index >= 15 is 0 Å². The molecule has 1 amide bonds. The molecule has 0 saturated carbocycles. The number of benzene rings is 3. The maximum Gasteiger partial charge on any atom is 0.265 e. The lowest BCUT2D eigenvalue weighted by Crippen LogP contribution is -2.30. The molecule has 3 aromatic rings. The largest absolute Gasteiger partial charge is 0.490 e. The lowest BCUT2D eigenvalue weighted by Gasteiger charge is -2.18. The van der Waals surface area contributed by atoms with E-state index in [4.69, 9.17) is 9.47 Å². The topological polar surface area (TPSA) is 47.6 Å².